The van der Waals surface area contributed by atoms with Gasteiger partial charge in [-0.15, -0.1) is 0 Å². The first-order valence-corrected chi connectivity index (χ1v) is 12.8. The van der Waals surface area contributed by atoms with Crippen LogP contribution in [0.5, 0.6) is 0 Å². The molecule has 0 aliphatic carbocycles. The third-order valence-electron chi connectivity index (χ3n) is 6.46. The highest BCUT2D eigenvalue weighted by Crippen LogP contribution is 2.23. The third kappa shape index (κ3) is 8.70. The Kier molecular flexibility index (Phi) is 12.0. The van der Waals surface area contributed by atoms with E-state index in [1.807, 2.05) is 30.3 Å². The second-order valence-electron chi connectivity index (χ2n) is 9.67. The molecule has 1 aromatic carbocycles. The minimum Gasteiger partial charge on any atom is -0.445 e. The highest BCUT2D eigenvalue weighted by Gasteiger charge is 2.41. The van der Waals surface area contributed by atoms with Crippen LogP contribution >= 0.6 is 0 Å². The van der Waals surface area contributed by atoms with E-state index in [0.717, 1.165) is 5.56 Å². The molecule has 0 radical (unpaired) electrons. The summed E-state index contributed by atoms with van der Waals surface area (Å²) in [6.45, 7) is 3.04. The zero-order chi connectivity index (χ0) is 28.2. The number of ketones is 1. The molecule has 1 aromatic rings. The summed E-state index contributed by atoms with van der Waals surface area (Å²) in [6, 6.07) is 6.40. The maximum atomic E-state index is 13.6. The number of hydrogen-bond acceptors (Lipinski definition) is 6. The van der Waals surface area contributed by atoms with Gasteiger partial charge in [0.2, 0.25) is 11.8 Å². The normalized spacial score (nSPS) is 16.4. The van der Waals surface area contributed by atoms with Crippen molar-refractivity contribution in [2.24, 2.45) is 11.7 Å². The fourth-order valence-corrected chi connectivity index (χ4v) is 4.51. The fraction of sp³-hybridized carbons (Fsp3) is 0.577. The predicted octanol–water partition coefficient (Wildman–Crippen LogP) is 1.56. The number of ether oxygens (including phenoxy) is 1. The van der Waals surface area contributed by atoms with Crippen molar-refractivity contribution >= 4 is 29.7 Å². The van der Waals surface area contributed by atoms with Crippen molar-refractivity contribution in [3.05, 3.63) is 35.9 Å². The second kappa shape index (κ2) is 14.9. The van der Waals surface area contributed by atoms with E-state index in [4.69, 9.17) is 15.9 Å². The van der Waals surface area contributed by atoms with E-state index in [9.17, 15) is 23.6 Å². The molecule has 1 heterocycles. The van der Waals surface area contributed by atoms with Crippen LogP contribution in [0.15, 0.2) is 30.3 Å². The fourth-order valence-electron chi connectivity index (χ4n) is 4.51. The van der Waals surface area contributed by atoms with Gasteiger partial charge in [0, 0.05) is 20.1 Å². The Labute approximate surface area is 222 Å². The first kappa shape index (κ1) is 30.5. The lowest BCUT2D eigenvalue weighted by molar-refractivity contribution is -0.143. The average molecular weight is 535 g/mol. The summed E-state index contributed by atoms with van der Waals surface area (Å²) in [4.78, 5) is 54.3. The van der Waals surface area contributed by atoms with Crippen molar-refractivity contribution in [2.75, 3.05) is 26.8 Å². The second-order valence-corrected chi connectivity index (χ2v) is 9.67. The van der Waals surface area contributed by atoms with E-state index in [-0.39, 0.29) is 31.4 Å². The molecule has 210 valence electrons. The largest absolute Gasteiger partial charge is 0.445 e. The summed E-state index contributed by atoms with van der Waals surface area (Å²) in [7, 11) is 1.49. The summed E-state index contributed by atoms with van der Waals surface area (Å²) in [6.07, 6.45) is 0.817. The van der Waals surface area contributed by atoms with E-state index in [2.05, 4.69) is 10.6 Å². The summed E-state index contributed by atoms with van der Waals surface area (Å²) < 4.78 is 18.6. The molecule has 3 atom stereocenters. The molecule has 1 fully saturated rings. The van der Waals surface area contributed by atoms with Gasteiger partial charge in [0.15, 0.2) is 11.7 Å². The van der Waals surface area contributed by atoms with Crippen LogP contribution < -0.4 is 16.4 Å². The van der Waals surface area contributed by atoms with Crippen LogP contribution in [0.1, 0.15) is 45.1 Å². The van der Waals surface area contributed by atoms with Gasteiger partial charge in [-0.05, 0) is 37.2 Å². The van der Waals surface area contributed by atoms with E-state index in [0.29, 0.717) is 25.8 Å². The van der Waals surface area contributed by atoms with Crippen molar-refractivity contribution in [3.63, 3.8) is 0 Å². The lowest BCUT2D eigenvalue weighted by atomic mass is 10.0. The number of amides is 3. The molecule has 5 N–H and O–H groups in total. The molecule has 1 aliphatic heterocycles. The van der Waals surface area contributed by atoms with E-state index in [1.165, 1.54) is 16.8 Å². The first-order chi connectivity index (χ1) is 18.1. The lowest BCUT2D eigenvalue weighted by Crippen LogP contribution is -2.57. The van der Waals surface area contributed by atoms with Gasteiger partial charge in [0.25, 0.3) is 0 Å². The van der Waals surface area contributed by atoms with Crippen LogP contribution in [0.3, 0.4) is 0 Å². The molecule has 0 saturated carbocycles. The maximum Gasteiger partial charge on any atom is 0.410 e. The van der Waals surface area contributed by atoms with Crippen molar-refractivity contribution in [1.29, 1.82) is 5.41 Å². The number of rotatable bonds is 13. The van der Waals surface area contributed by atoms with E-state index in [1.54, 1.807) is 13.8 Å². The predicted molar refractivity (Wildman–Crippen MR) is 140 cm³/mol. The van der Waals surface area contributed by atoms with Gasteiger partial charge in [-0.2, -0.15) is 0 Å². The van der Waals surface area contributed by atoms with Crippen molar-refractivity contribution < 1.29 is 28.3 Å². The number of nitrogens with zero attached hydrogens (tertiary/aromatic N) is 2. The standard InChI is InChI=1S/C26H39FN6O5/c1-17(2)22(32(3)26(37)38-16-18-9-5-4-6-10-18)24(36)33-14-8-12-20(33)23(35)31-19(21(34)15-27)11-7-13-30-25(28)29/h4-6,9-10,17,19-20,22H,7-8,11-16H2,1-3H3,(H,31,35)(H4,28,29,30)/t19-,20-,22?/m0/s1. The Morgan fingerprint density at radius 3 is 2.53 bits per heavy atom. The van der Waals surface area contributed by atoms with E-state index < -0.39 is 48.5 Å². The molecular formula is C26H39FN6O5. The number of nitrogens with two attached hydrogens (primary N) is 1. The van der Waals surface area contributed by atoms with E-state index >= 15 is 0 Å². The monoisotopic (exact) mass is 534 g/mol. The smallest absolute Gasteiger partial charge is 0.410 e. The number of Topliss-reactive ketones (excluding diaryl/α,β-unsaturated/α-hetero) is 1. The van der Waals surface area contributed by atoms with Crippen LogP contribution in [-0.4, -0.2) is 84.4 Å². The van der Waals surface area contributed by atoms with Gasteiger partial charge in [0.05, 0.1) is 6.04 Å². The minimum absolute atomic E-state index is 0.0592. The topological polar surface area (TPSA) is 158 Å². The number of hydrogen-bond donors (Lipinski definition) is 4. The van der Waals surface area contributed by atoms with Gasteiger partial charge in [-0.3, -0.25) is 24.7 Å². The molecule has 1 saturated heterocycles. The Balaban J connectivity index is 2.06. The van der Waals surface area contributed by atoms with Crippen LogP contribution in [0, 0.1) is 11.3 Å². The van der Waals surface area contributed by atoms with Crippen LogP contribution in [-0.2, 0) is 25.7 Å². The number of likely N-dealkylation sites (N-methyl/N-ethyl adjacent to an activating group) is 1. The zero-order valence-electron chi connectivity index (χ0n) is 22.2. The van der Waals surface area contributed by atoms with Gasteiger partial charge >= 0.3 is 6.09 Å². The van der Waals surface area contributed by atoms with Gasteiger partial charge < -0.3 is 26.0 Å². The molecule has 3 amide bonds. The summed E-state index contributed by atoms with van der Waals surface area (Å²) in [5, 5.41) is 12.4. The molecule has 0 aromatic heterocycles. The Morgan fingerprint density at radius 1 is 1.24 bits per heavy atom. The van der Waals surface area contributed by atoms with Gasteiger partial charge in [-0.1, -0.05) is 44.2 Å². The molecule has 0 spiro atoms. The van der Waals surface area contributed by atoms with Gasteiger partial charge in [-0.25, -0.2) is 9.18 Å². The molecule has 1 aliphatic rings. The third-order valence-corrected chi connectivity index (χ3v) is 6.46. The van der Waals surface area contributed by atoms with Crippen LogP contribution in [0.2, 0.25) is 0 Å². The van der Waals surface area contributed by atoms with Gasteiger partial charge in [0.1, 0.15) is 25.4 Å². The molecular weight excluding hydrogens is 495 g/mol. The number of carbonyl (C=O) groups is 4. The number of guanidine groups is 1. The minimum atomic E-state index is -1.23. The number of benzene rings is 1. The van der Waals surface area contributed by atoms with Crippen LogP contribution in [0.25, 0.3) is 0 Å². The lowest BCUT2D eigenvalue weighted by Gasteiger charge is -2.35. The van der Waals surface area contributed by atoms with Crippen molar-refractivity contribution in [2.45, 2.75) is 64.3 Å². The number of likely N-dealkylation sites (tertiary alicyclic amines) is 1. The van der Waals surface area contributed by atoms with Crippen molar-refractivity contribution in [3.8, 4) is 0 Å². The maximum absolute atomic E-state index is 13.6. The van der Waals surface area contributed by atoms with Crippen molar-refractivity contribution in [1.82, 2.24) is 20.4 Å². The molecule has 12 heteroatoms. The first-order valence-electron chi connectivity index (χ1n) is 12.8. The molecule has 0 bridgehead atoms. The zero-order valence-corrected chi connectivity index (χ0v) is 22.2. The SMILES string of the molecule is CC(C)C(C(=O)N1CCC[C@H]1C(=O)N[C@@H](CCCNC(=N)N)C(=O)CF)N(C)C(=O)OCc1ccccc1. The number of nitrogens with one attached hydrogen (secondary N) is 3. The summed E-state index contributed by atoms with van der Waals surface area (Å²) >= 11 is 0. The molecule has 2 rings (SSSR count). The number of alkyl halides is 1. The molecule has 1 unspecified atom stereocenters. The highest BCUT2D eigenvalue weighted by atomic mass is 19.1. The number of carbonyl (C=O) groups excluding carboxylic acids is 4. The summed E-state index contributed by atoms with van der Waals surface area (Å²) in [5.74, 6) is -2.19. The number of halogens is 1. The summed E-state index contributed by atoms with van der Waals surface area (Å²) in [5.41, 5.74) is 6.05. The Bertz CT molecular complexity index is 976. The molecule has 38 heavy (non-hydrogen) atoms. The highest BCUT2D eigenvalue weighted by molar-refractivity contribution is 5.95. The molecule has 11 nitrogen and oxygen atoms in total. The Hall–Kier alpha value is -3.70. The van der Waals surface area contributed by atoms with Crippen LogP contribution in [0.4, 0.5) is 9.18 Å². The average Bonchev–Trinajstić information content (AvgIpc) is 3.39. The Morgan fingerprint density at radius 2 is 1.92 bits per heavy atom. The quantitative estimate of drug-likeness (QED) is 0.170.